The van der Waals surface area contributed by atoms with Gasteiger partial charge in [0, 0.05) is 5.75 Å². The minimum absolute atomic E-state index is 0.138. The van der Waals surface area contributed by atoms with Gasteiger partial charge in [0.15, 0.2) is 6.61 Å². The van der Waals surface area contributed by atoms with E-state index in [1.54, 1.807) is 11.8 Å². The summed E-state index contributed by atoms with van der Waals surface area (Å²) in [6, 6.07) is 0. The van der Waals surface area contributed by atoms with Crippen molar-refractivity contribution in [3.8, 4) is 0 Å². The fourth-order valence-electron chi connectivity index (χ4n) is 1.41. The van der Waals surface area contributed by atoms with E-state index >= 15 is 0 Å². The van der Waals surface area contributed by atoms with Crippen LogP contribution < -0.4 is 0 Å². The van der Waals surface area contributed by atoms with Gasteiger partial charge < -0.3 is 4.74 Å². The first-order chi connectivity index (χ1) is 7.33. The zero-order chi connectivity index (χ0) is 10.9. The zero-order valence-electron chi connectivity index (χ0n) is 9.33. The molecule has 0 fully saturated rings. The lowest BCUT2D eigenvalue weighted by Crippen LogP contribution is -1.96. The number of ether oxygens (including phenoxy) is 1. The van der Waals surface area contributed by atoms with Crippen molar-refractivity contribution < 1.29 is 9.53 Å². The van der Waals surface area contributed by atoms with E-state index in [9.17, 15) is 4.79 Å². The number of unbranched alkanes of at least 4 members (excludes halogenated alkanes) is 5. The first kappa shape index (κ1) is 12.6. The number of amides is 1. The van der Waals surface area contributed by atoms with E-state index in [0.29, 0.717) is 5.23 Å². The fourth-order valence-corrected chi connectivity index (χ4v) is 2.24. The molecule has 0 atom stereocenters. The molecule has 0 aromatic rings. The molecule has 1 heterocycles. The van der Waals surface area contributed by atoms with Gasteiger partial charge in [-0.3, -0.25) is 4.79 Å². The van der Waals surface area contributed by atoms with Gasteiger partial charge >= 0.3 is 0 Å². The molecule has 0 radical (unpaired) electrons. The average Bonchev–Trinajstić information content (AvgIpc) is 2.63. The third-order valence-corrected chi connectivity index (χ3v) is 3.21. The van der Waals surface area contributed by atoms with Crippen molar-refractivity contribution in [1.82, 2.24) is 0 Å². The molecule has 0 unspecified atom stereocenters. The summed E-state index contributed by atoms with van der Waals surface area (Å²) in [5, 5.41) is 0.563. The Morgan fingerprint density at radius 1 is 1.27 bits per heavy atom. The Balaban J connectivity index is 1.89. The highest BCUT2D eigenvalue weighted by molar-refractivity contribution is 8.13. The highest BCUT2D eigenvalue weighted by Crippen LogP contribution is 2.14. The van der Waals surface area contributed by atoms with Gasteiger partial charge in [-0.25, -0.2) is 0 Å². The molecule has 4 heteroatoms. The van der Waals surface area contributed by atoms with Crippen LogP contribution in [0.1, 0.15) is 45.4 Å². The predicted molar refractivity (Wildman–Crippen MR) is 64.2 cm³/mol. The number of hydrogen-bond donors (Lipinski definition) is 0. The molecule has 1 aliphatic rings. The number of thioether (sulfide) groups is 1. The standard InChI is InChI=1S/C11H19NO2S/c1-2-3-4-5-6-7-8-15-11-12-10(13)9-14-11/h2-9H2,1H3. The SMILES string of the molecule is CCCCCCCCSC1=NC(=O)CO1. The number of carbonyl (C=O) groups is 1. The van der Waals surface area contributed by atoms with Crippen molar-refractivity contribution in [3.63, 3.8) is 0 Å². The molecule has 3 nitrogen and oxygen atoms in total. The van der Waals surface area contributed by atoms with E-state index in [0.717, 1.165) is 5.75 Å². The van der Waals surface area contributed by atoms with E-state index in [-0.39, 0.29) is 12.5 Å². The van der Waals surface area contributed by atoms with Crippen LogP contribution in [-0.2, 0) is 9.53 Å². The Labute approximate surface area is 95.7 Å². The van der Waals surface area contributed by atoms with Crippen LogP contribution in [0, 0.1) is 0 Å². The monoisotopic (exact) mass is 229 g/mol. The third-order valence-electron chi connectivity index (χ3n) is 2.26. The van der Waals surface area contributed by atoms with Crippen molar-refractivity contribution in [2.75, 3.05) is 12.4 Å². The second-order valence-corrected chi connectivity index (χ2v) is 4.72. The molecule has 0 spiro atoms. The summed E-state index contributed by atoms with van der Waals surface area (Å²) in [4.78, 5) is 14.5. The van der Waals surface area contributed by atoms with Crippen LogP contribution in [0.5, 0.6) is 0 Å². The molecule has 0 aliphatic carbocycles. The third kappa shape index (κ3) is 5.82. The summed E-state index contributed by atoms with van der Waals surface area (Å²) >= 11 is 1.56. The van der Waals surface area contributed by atoms with Crippen LogP contribution in [0.4, 0.5) is 0 Å². The number of nitrogens with zero attached hydrogens (tertiary/aromatic N) is 1. The van der Waals surface area contributed by atoms with Crippen LogP contribution >= 0.6 is 11.8 Å². The van der Waals surface area contributed by atoms with Gasteiger partial charge in [-0.15, -0.1) is 0 Å². The molecule has 1 aliphatic heterocycles. The Kier molecular flexibility index (Phi) is 6.48. The van der Waals surface area contributed by atoms with E-state index in [2.05, 4.69) is 11.9 Å². The summed E-state index contributed by atoms with van der Waals surface area (Å²) in [5.74, 6) is 0.860. The average molecular weight is 229 g/mol. The molecular weight excluding hydrogens is 210 g/mol. The van der Waals surface area contributed by atoms with Gasteiger partial charge in [-0.2, -0.15) is 4.99 Å². The van der Waals surface area contributed by atoms with E-state index in [4.69, 9.17) is 4.74 Å². The summed E-state index contributed by atoms with van der Waals surface area (Å²) in [6.45, 7) is 2.36. The molecule has 0 saturated carbocycles. The van der Waals surface area contributed by atoms with Gasteiger partial charge in [0.25, 0.3) is 11.1 Å². The summed E-state index contributed by atoms with van der Waals surface area (Å²) in [6.07, 6.45) is 7.76. The maximum Gasteiger partial charge on any atom is 0.287 e. The van der Waals surface area contributed by atoms with Gasteiger partial charge in [0.1, 0.15) is 0 Å². The molecule has 0 N–H and O–H groups in total. The largest absolute Gasteiger partial charge is 0.463 e. The van der Waals surface area contributed by atoms with Crippen molar-refractivity contribution in [1.29, 1.82) is 0 Å². The second kappa shape index (κ2) is 7.74. The van der Waals surface area contributed by atoms with Crippen molar-refractivity contribution in [3.05, 3.63) is 0 Å². The van der Waals surface area contributed by atoms with Crippen LogP contribution in [0.3, 0.4) is 0 Å². The Bertz CT molecular complexity index is 229. The lowest BCUT2D eigenvalue weighted by Gasteiger charge is -2.00. The van der Waals surface area contributed by atoms with E-state index in [1.807, 2.05) is 0 Å². The predicted octanol–water partition coefficient (Wildman–Crippen LogP) is 2.99. The summed E-state index contributed by atoms with van der Waals surface area (Å²) in [5.41, 5.74) is 0. The molecule has 1 rings (SSSR count). The lowest BCUT2D eigenvalue weighted by atomic mass is 10.1. The maximum atomic E-state index is 10.7. The molecule has 0 aromatic heterocycles. The molecule has 86 valence electrons. The maximum absolute atomic E-state index is 10.7. The summed E-state index contributed by atoms with van der Waals surface area (Å²) in [7, 11) is 0. The van der Waals surface area contributed by atoms with Gasteiger partial charge in [-0.1, -0.05) is 50.8 Å². The Hall–Kier alpha value is -0.510. The van der Waals surface area contributed by atoms with Crippen molar-refractivity contribution >= 4 is 22.9 Å². The fraction of sp³-hybridized carbons (Fsp3) is 0.818. The van der Waals surface area contributed by atoms with Gasteiger partial charge in [-0.05, 0) is 6.42 Å². The number of aliphatic imine (C=N–C) groups is 1. The topological polar surface area (TPSA) is 38.7 Å². The molecular formula is C11H19NO2S. The van der Waals surface area contributed by atoms with Gasteiger partial charge in [0.2, 0.25) is 0 Å². The number of rotatable bonds is 7. The molecule has 1 amide bonds. The minimum Gasteiger partial charge on any atom is -0.463 e. The first-order valence-electron chi connectivity index (χ1n) is 5.70. The van der Waals surface area contributed by atoms with Crippen LogP contribution in [0.25, 0.3) is 0 Å². The molecule has 0 saturated heterocycles. The van der Waals surface area contributed by atoms with Crippen molar-refractivity contribution in [2.24, 2.45) is 4.99 Å². The quantitative estimate of drug-likeness (QED) is 0.630. The second-order valence-electron chi connectivity index (χ2n) is 3.68. The Morgan fingerprint density at radius 2 is 2.00 bits per heavy atom. The lowest BCUT2D eigenvalue weighted by molar-refractivity contribution is -0.118. The smallest absolute Gasteiger partial charge is 0.287 e. The first-order valence-corrected chi connectivity index (χ1v) is 6.68. The minimum atomic E-state index is -0.152. The van der Waals surface area contributed by atoms with E-state index in [1.165, 1.54) is 38.5 Å². The number of carbonyl (C=O) groups excluding carboxylic acids is 1. The van der Waals surface area contributed by atoms with Gasteiger partial charge in [0.05, 0.1) is 0 Å². The molecule has 0 bridgehead atoms. The zero-order valence-corrected chi connectivity index (χ0v) is 10.1. The van der Waals surface area contributed by atoms with E-state index < -0.39 is 0 Å². The van der Waals surface area contributed by atoms with Crippen LogP contribution in [-0.4, -0.2) is 23.5 Å². The molecule has 0 aromatic carbocycles. The van der Waals surface area contributed by atoms with Crippen molar-refractivity contribution in [2.45, 2.75) is 45.4 Å². The molecule has 15 heavy (non-hydrogen) atoms. The van der Waals surface area contributed by atoms with Crippen LogP contribution in [0.15, 0.2) is 4.99 Å². The summed E-state index contributed by atoms with van der Waals surface area (Å²) < 4.78 is 5.07. The number of hydrogen-bond acceptors (Lipinski definition) is 3. The highest BCUT2D eigenvalue weighted by Gasteiger charge is 2.14. The highest BCUT2D eigenvalue weighted by atomic mass is 32.2. The van der Waals surface area contributed by atoms with Crippen LogP contribution in [0.2, 0.25) is 0 Å². The normalized spacial score (nSPS) is 15.3. The Morgan fingerprint density at radius 3 is 2.67 bits per heavy atom.